The van der Waals surface area contributed by atoms with Crippen LogP contribution in [0.3, 0.4) is 0 Å². The lowest BCUT2D eigenvalue weighted by Crippen LogP contribution is -2.44. The van der Waals surface area contributed by atoms with Gasteiger partial charge in [0.15, 0.2) is 0 Å². The number of carbonyl (C=O) groups is 2. The molecule has 0 spiro atoms. The highest BCUT2D eigenvalue weighted by Gasteiger charge is 2.27. The fourth-order valence-corrected chi connectivity index (χ4v) is 3.04. The minimum atomic E-state index is -0.156. The molecule has 1 aliphatic rings. The predicted octanol–water partition coefficient (Wildman–Crippen LogP) is 2.09. The first-order valence-electron chi connectivity index (χ1n) is 8.23. The first-order valence-corrected chi connectivity index (χ1v) is 8.23. The average molecular weight is 317 g/mol. The molecule has 0 aromatic heterocycles. The molecule has 0 saturated carbocycles. The summed E-state index contributed by atoms with van der Waals surface area (Å²) < 4.78 is 0. The van der Waals surface area contributed by atoms with Crippen LogP contribution in [0.5, 0.6) is 0 Å². The number of benzene rings is 1. The molecule has 126 valence electrons. The lowest BCUT2D eigenvalue weighted by molar-refractivity contribution is -0.137. The molecular weight excluding hydrogens is 290 g/mol. The van der Waals surface area contributed by atoms with Gasteiger partial charge < -0.3 is 15.5 Å². The maximum Gasteiger partial charge on any atom is 0.243 e. The molecule has 0 unspecified atom stereocenters. The number of carbonyl (C=O) groups excluding carboxylic acids is 2. The number of rotatable bonds is 4. The first-order chi connectivity index (χ1) is 10.9. The number of amides is 2. The van der Waals surface area contributed by atoms with Crippen LogP contribution in [0.25, 0.3) is 0 Å². The van der Waals surface area contributed by atoms with E-state index in [4.69, 9.17) is 0 Å². The van der Waals surface area contributed by atoms with E-state index >= 15 is 0 Å². The monoisotopic (exact) mass is 317 g/mol. The van der Waals surface area contributed by atoms with Crippen molar-refractivity contribution in [3.63, 3.8) is 0 Å². The summed E-state index contributed by atoms with van der Waals surface area (Å²) in [5.41, 5.74) is 3.00. The minimum absolute atomic E-state index is 0.0183. The molecule has 5 heteroatoms. The van der Waals surface area contributed by atoms with E-state index in [1.165, 1.54) is 0 Å². The molecule has 0 aliphatic carbocycles. The molecular formula is C18H27N3O2. The van der Waals surface area contributed by atoms with Crippen LogP contribution < -0.4 is 10.6 Å². The summed E-state index contributed by atoms with van der Waals surface area (Å²) in [5.74, 6) is -0.0734. The van der Waals surface area contributed by atoms with E-state index in [0.29, 0.717) is 6.04 Å². The van der Waals surface area contributed by atoms with Crippen molar-refractivity contribution in [1.82, 2.24) is 10.2 Å². The molecule has 0 bridgehead atoms. The zero-order chi connectivity index (χ0) is 17.0. The molecule has 2 amide bonds. The van der Waals surface area contributed by atoms with Gasteiger partial charge in [-0.1, -0.05) is 12.1 Å². The number of anilines is 1. The van der Waals surface area contributed by atoms with Gasteiger partial charge in [0.25, 0.3) is 0 Å². The van der Waals surface area contributed by atoms with Crippen molar-refractivity contribution in [2.24, 2.45) is 5.92 Å². The van der Waals surface area contributed by atoms with Crippen molar-refractivity contribution in [3.05, 3.63) is 29.3 Å². The second-order valence-corrected chi connectivity index (χ2v) is 6.57. The van der Waals surface area contributed by atoms with Crippen LogP contribution in [0.1, 0.15) is 30.9 Å². The molecule has 1 aromatic carbocycles. The van der Waals surface area contributed by atoms with Crippen LogP contribution in [0, 0.1) is 19.8 Å². The third-order valence-electron chi connectivity index (χ3n) is 4.61. The Labute approximate surface area is 138 Å². The Morgan fingerprint density at radius 2 is 2.09 bits per heavy atom. The summed E-state index contributed by atoms with van der Waals surface area (Å²) in [6, 6.07) is 6.17. The summed E-state index contributed by atoms with van der Waals surface area (Å²) in [6.45, 7) is 7.03. The van der Waals surface area contributed by atoms with Gasteiger partial charge in [-0.15, -0.1) is 0 Å². The average Bonchev–Trinajstić information content (AvgIpc) is 2.51. The molecule has 0 radical (unpaired) electrons. The molecule has 2 N–H and O–H groups in total. The van der Waals surface area contributed by atoms with E-state index in [0.717, 1.165) is 36.2 Å². The number of hydrogen-bond acceptors (Lipinski definition) is 3. The van der Waals surface area contributed by atoms with Crippen LogP contribution in [-0.4, -0.2) is 42.9 Å². The fourth-order valence-electron chi connectivity index (χ4n) is 3.04. The van der Waals surface area contributed by atoms with Crippen LogP contribution >= 0.6 is 0 Å². The van der Waals surface area contributed by atoms with E-state index in [-0.39, 0.29) is 24.3 Å². The quantitative estimate of drug-likeness (QED) is 0.894. The summed E-state index contributed by atoms with van der Waals surface area (Å²) in [6.07, 6.45) is 1.67. The number of nitrogens with one attached hydrogen (secondary N) is 2. The molecule has 2 rings (SSSR count). The highest BCUT2D eigenvalue weighted by molar-refractivity contribution is 5.95. The van der Waals surface area contributed by atoms with Gasteiger partial charge in [0.05, 0.1) is 6.54 Å². The van der Waals surface area contributed by atoms with Crippen molar-refractivity contribution in [3.8, 4) is 0 Å². The van der Waals surface area contributed by atoms with Crippen molar-refractivity contribution in [2.75, 3.05) is 25.5 Å². The van der Waals surface area contributed by atoms with Crippen LogP contribution in [0.2, 0.25) is 0 Å². The second kappa shape index (κ2) is 7.59. The van der Waals surface area contributed by atoms with Gasteiger partial charge in [-0.05, 0) is 57.4 Å². The van der Waals surface area contributed by atoms with Crippen molar-refractivity contribution in [2.45, 2.75) is 39.7 Å². The van der Waals surface area contributed by atoms with Crippen molar-refractivity contribution in [1.29, 1.82) is 0 Å². The zero-order valence-electron chi connectivity index (χ0n) is 14.5. The summed E-state index contributed by atoms with van der Waals surface area (Å²) in [4.78, 5) is 26.2. The molecule has 1 saturated heterocycles. The Bertz CT molecular complexity index is 586. The molecule has 1 heterocycles. The highest BCUT2D eigenvalue weighted by atomic mass is 16.2. The van der Waals surface area contributed by atoms with Gasteiger partial charge in [-0.2, -0.15) is 0 Å². The number of piperidine rings is 1. The third kappa shape index (κ3) is 4.55. The zero-order valence-corrected chi connectivity index (χ0v) is 14.5. The fraction of sp³-hybridized carbons (Fsp3) is 0.556. The molecule has 1 aromatic rings. The second-order valence-electron chi connectivity index (χ2n) is 6.57. The maximum absolute atomic E-state index is 12.5. The Kier molecular flexibility index (Phi) is 5.77. The lowest BCUT2D eigenvalue weighted by atomic mass is 9.92. The molecule has 23 heavy (non-hydrogen) atoms. The summed E-state index contributed by atoms with van der Waals surface area (Å²) in [7, 11) is 1.71. The predicted molar refractivity (Wildman–Crippen MR) is 92.4 cm³/mol. The van der Waals surface area contributed by atoms with Gasteiger partial charge in [0, 0.05) is 24.7 Å². The summed E-state index contributed by atoms with van der Waals surface area (Å²) in [5, 5.41) is 6.24. The van der Waals surface area contributed by atoms with Crippen LogP contribution in [0.4, 0.5) is 5.69 Å². The SMILES string of the molecule is Cc1cccc(NC(=O)CN(C)C(=O)[C@H]2CCN[C@@H](C)C2)c1C. The molecule has 5 nitrogen and oxygen atoms in total. The van der Waals surface area contributed by atoms with E-state index in [9.17, 15) is 9.59 Å². The lowest BCUT2D eigenvalue weighted by Gasteiger charge is -2.30. The summed E-state index contributed by atoms with van der Waals surface area (Å²) >= 11 is 0. The van der Waals surface area contributed by atoms with E-state index in [1.807, 2.05) is 32.0 Å². The Balaban J connectivity index is 1.91. The first kappa shape index (κ1) is 17.5. The van der Waals surface area contributed by atoms with Gasteiger partial charge in [0.2, 0.25) is 11.8 Å². The van der Waals surface area contributed by atoms with Crippen LogP contribution in [0.15, 0.2) is 18.2 Å². The van der Waals surface area contributed by atoms with E-state index in [2.05, 4.69) is 17.6 Å². The smallest absolute Gasteiger partial charge is 0.243 e. The largest absolute Gasteiger partial charge is 0.336 e. The van der Waals surface area contributed by atoms with Gasteiger partial charge >= 0.3 is 0 Å². The van der Waals surface area contributed by atoms with Gasteiger partial charge in [0.1, 0.15) is 0 Å². The molecule has 2 atom stereocenters. The molecule has 1 aliphatic heterocycles. The number of aryl methyl sites for hydroxylation is 1. The normalized spacial score (nSPS) is 20.9. The number of likely N-dealkylation sites (N-methyl/N-ethyl adjacent to an activating group) is 1. The van der Waals surface area contributed by atoms with E-state index in [1.54, 1.807) is 11.9 Å². The third-order valence-corrected chi connectivity index (χ3v) is 4.61. The van der Waals surface area contributed by atoms with Gasteiger partial charge in [-0.25, -0.2) is 0 Å². The molecule has 1 fully saturated rings. The van der Waals surface area contributed by atoms with Crippen LogP contribution in [-0.2, 0) is 9.59 Å². The Hall–Kier alpha value is -1.88. The number of nitrogens with zero attached hydrogens (tertiary/aromatic N) is 1. The number of hydrogen-bond donors (Lipinski definition) is 2. The minimum Gasteiger partial charge on any atom is -0.336 e. The van der Waals surface area contributed by atoms with Crippen molar-refractivity contribution < 1.29 is 9.59 Å². The Morgan fingerprint density at radius 3 is 2.78 bits per heavy atom. The highest BCUT2D eigenvalue weighted by Crippen LogP contribution is 2.19. The van der Waals surface area contributed by atoms with Gasteiger partial charge in [-0.3, -0.25) is 9.59 Å². The topological polar surface area (TPSA) is 61.4 Å². The van der Waals surface area contributed by atoms with E-state index < -0.39 is 0 Å². The maximum atomic E-state index is 12.5. The Morgan fingerprint density at radius 1 is 1.35 bits per heavy atom. The standard InChI is InChI=1S/C18H27N3O2/c1-12-6-5-7-16(14(12)3)20-17(22)11-21(4)18(23)15-8-9-19-13(2)10-15/h5-7,13,15,19H,8-11H2,1-4H3,(H,20,22)/t13-,15-/m0/s1. The van der Waals surface area contributed by atoms with Crippen molar-refractivity contribution >= 4 is 17.5 Å².